The number of hydrogen-bond acceptors (Lipinski definition) is 4. The molecular weight excluding hydrogens is 242 g/mol. The van der Waals surface area contributed by atoms with Crippen LogP contribution in [-0.4, -0.2) is 27.1 Å². The third-order valence-electron chi connectivity index (χ3n) is 3.54. The molecule has 1 aliphatic carbocycles. The Morgan fingerprint density at radius 3 is 2.84 bits per heavy atom. The minimum Gasteiger partial charge on any atom is -0.478 e. The van der Waals surface area contributed by atoms with Gasteiger partial charge in [0.2, 0.25) is 5.95 Å². The average molecular weight is 257 g/mol. The number of carboxylic acids is 1. The van der Waals surface area contributed by atoms with Gasteiger partial charge in [0.1, 0.15) is 0 Å². The van der Waals surface area contributed by atoms with Gasteiger partial charge in [0.25, 0.3) is 0 Å². The molecule has 5 nitrogen and oxygen atoms in total. The van der Waals surface area contributed by atoms with Crippen molar-refractivity contribution in [3.05, 3.63) is 30.0 Å². The number of benzene rings is 1. The van der Waals surface area contributed by atoms with Crippen molar-refractivity contribution in [2.45, 2.75) is 31.7 Å². The third-order valence-corrected chi connectivity index (χ3v) is 3.54. The highest BCUT2D eigenvalue weighted by atomic mass is 16.4. The first-order chi connectivity index (χ1) is 9.24. The second-order valence-electron chi connectivity index (χ2n) is 4.86. The van der Waals surface area contributed by atoms with Crippen molar-refractivity contribution < 1.29 is 9.90 Å². The van der Waals surface area contributed by atoms with Gasteiger partial charge in [0.15, 0.2) is 0 Å². The van der Waals surface area contributed by atoms with Gasteiger partial charge in [-0.1, -0.05) is 18.9 Å². The lowest BCUT2D eigenvalue weighted by molar-refractivity contribution is 0.0699. The van der Waals surface area contributed by atoms with Gasteiger partial charge >= 0.3 is 5.97 Å². The highest BCUT2D eigenvalue weighted by Crippen LogP contribution is 2.22. The van der Waals surface area contributed by atoms with Gasteiger partial charge in [-0.25, -0.2) is 14.8 Å². The van der Waals surface area contributed by atoms with Crippen molar-refractivity contribution in [3.8, 4) is 0 Å². The molecule has 0 amide bonds. The van der Waals surface area contributed by atoms with Crippen LogP contribution < -0.4 is 5.32 Å². The lowest BCUT2D eigenvalue weighted by atomic mass is 10.1. The van der Waals surface area contributed by atoms with E-state index in [1.54, 1.807) is 18.3 Å². The van der Waals surface area contributed by atoms with Crippen LogP contribution in [0.15, 0.2) is 24.4 Å². The van der Waals surface area contributed by atoms with E-state index in [9.17, 15) is 4.79 Å². The van der Waals surface area contributed by atoms with E-state index in [-0.39, 0.29) is 5.56 Å². The fourth-order valence-electron chi connectivity index (χ4n) is 2.56. The molecule has 19 heavy (non-hydrogen) atoms. The summed E-state index contributed by atoms with van der Waals surface area (Å²) in [6.45, 7) is 0. The summed E-state index contributed by atoms with van der Waals surface area (Å²) in [4.78, 5) is 19.7. The van der Waals surface area contributed by atoms with E-state index in [1.807, 2.05) is 6.07 Å². The highest BCUT2D eigenvalue weighted by molar-refractivity contribution is 6.02. The third kappa shape index (κ3) is 2.36. The van der Waals surface area contributed by atoms with Crippen molar-refractivity contribution in [3.63, 3.8) is 0 Å². The lowest BCUT2D eigenvalue weighted by Crippen LogP contribution is -2.16. The van der Waals surface area contributed by atoms with Crippen LogP contribution in [0, 0.1) is 0 Å². The van der Waals surface area contributed by atoms with Crippen molar-refractivity contribution in [1.82, 2.24) is 9.97 Å². The first kappa shape index (κ1) is 11.9. The lowest BCUT2D eigenvalue weighted by Gasteiger charge is -2.12. The minimum atomic E-state index is -0.953. The predicted molar refractivity (Wildman–Crippen MR) is 72.4 cm³/mol. The zero-order valence-corrected chi connectivity index (χ0v) is 10.5. The number of aromatic nitrogens is 2. The number of fused-ring (bicyclic) bond motifs is 1. The molecule has 0 aliphatic heterocycles. The first-order valence-corrected chi connectivity index (χ1v) is 6.49. The van der Waals surface area contributed by atoms with Crippen LogP contribution in [0.4, 0.5) is 5.95 Å². The predicted octanol–water partition coefficient (Wildman–Crippen LogP) is 2.68. The molecule has 1 heterocycles. The maximum atomic E-state index is 11.1. The number of rotatable bonds is 3. The molecule has 0 atom stereocenters. The molecule has 1 fully saturated rings. The molecule has 0 saturated heterocycles. The quantitative estimate of drug-likeness (QED) is 0.884. The normalized spacial score (nSPS) is 15.8. The summed E-state index contributed by atoms with van der Waals surface area (Å²) >= 11 is 0. The molecule has 98 valence electrons. The topological polar surface area (TPSA) is 75.1 Å². The van der Waals surface area contributed by atoms with Gasteiger partial charge in [-0.05, 0) is 25.0 Å². The minimum absolute atomic E-state index is 0.241. The van der Waals surface area contributed by atoms with Crippen LogP contribution in [0.1, 0.15) is 36.0 Å². The van der Waals surface area contributed by atoms with Gasteiger partial charge in [-0.2, -0.15) is 0 Å². The monoisotopic (exact) mass is 257 g/mol. The fourth-order valence-corrected chi connectivity index (χ4v) is 2.56. The number of nitrogens with zero attached hydrogens (tertiary/aromatic N) is 2. The molecule has 1 aromatic heterocycles. The largest absolute Gasteiger partial charge is 0.478 e. The van der Waals surface area contributed by atoms with Crippen LogP contribution in [0.25, 0.3) is 10.9 Å². The number of anilines is 1. The number of aromatic carboxylic acids is 1. The molecule has 2 N–H and O–H groups in total. The Kier molecular flexibility index (Phi) is 3.03. The van der Waals surface area contributed by atoms with Crippen molar-refractivity contribution in [1.29, 1.82) is 0 Å². The van der Waals surface area contributed by atoms with Crippen LogP contribution in [0.5, 0.6) is 0 Å². The summed E-state index contributed by atoms with van der Waals surface area (Å²) in [5.74, 6) is -0.368. The molecule has 0 bridgehead atoms. The Bertz CT molecular complexity index is 621. The summed E-state index contributed by atoms with van der Waals surface area (Å²) < 4.78 is 0. The van der Waals surface area contributed by atoms with E-state index in [4.69, 9.17) is 5.11 Å². The van der Waals surface area contributed by atoms with E-state index in [1.165, 1.54) is 12.8 Å². The molecule has 0 radical (unpaired) electrons. The molecular formula is C14H15N3O2. The summed E-state index contributed by atoms with van der Waals surface area (Å²) in [5.41, 5.74) is 0.903. The van der Waals surface area contributed by atoms with Crippen molar-refractivity contribution in [2.24, 2.45) is 0 Å². The van der Waals surface area contributed by atoms with Crippen LogP contribution in [0.3, 0.4) is 0 Å². The number of carboxylic acid groups (broad SMARTS) is 1. The molecule has 1 saturated carbocycles. The summed E-state index contributed by atoms with van der Waals surface area (Å²) in [6.07, 6.45) is 6.37. The Morgan fingerprint density at radius 1 is 1.32 bits per heavy atom. The Balaban J connectivity index is 1.94. The van der Waals surface area contributed by atoms with E-state index < -0.39 is 5.97 Å². The molecule has 2 aromatic rings. The van der Waals surface area contributed by atoms with Crippen molar-refractivity contribution >= 4 is 22.8 Å². The van der Waals surface area contributed by atoms with Gasteiger partial charge in [-0.3, -0.25) is 0 Å². The SMILES string of the molecule is O=C(O)c1cccc2nc(NC3CCCC3)ncc12. The summed E-state index contributed by atoms with van der Waals surface area (Å²) in [7, 11) is 0. The number of nitrogens with one attached hydrogen (secondary N) is 1. The van der Waals surface area contributed by atoms with Crippen molar-refractivity contribution in [2.75, 3.05) is 5.32 Å². The molecule has 1 aliphatic rings. The summed E-state index contributed by atoms with van der Waals surface area (Å²) in [6, 6.07) is 5.53. The van der Waals surface area contributed by atoms with E-state index >= 15 is 0 Å². The fraction of sp³-hybridized carbons (Fsp3) is 0.357. The molecule has 1 aromatic carbocycles. The van der Waals surface area contributed by atoms with E-state index in [0.29, 0.717) is 22.9 Å². The Hall–Kier alpha value is -2.17. The highest BCUT2D eigenvalue weighted by Gasteiger charge is 2.16. The zero-order chi connectivity index (χ0) is 13.2. The average Bonchev–Trinajstić information content (AvgIpc) is 2.90. The molecule has 3 rings (SSSR count). The van der Waals surface area contributed by atoms with Gasteiger partial charge < -0.3 is 10.4 Å². The standard InChI is InChI=1S/C14H15N3O2/c18-13(19)10-6-3-7-12-11(10)8-15-14(17-12)16-9-4-1-2-5-9/h3,6-9H,1-2,4-5H2,(H,18,19)(H,15,16,17). The van der Waals surface area contributed by atoms with Crippen LogP contribution in [-0.2, 0) is 0 Å². The first-order valence-electron chi connectivity index (χ1n) is 6.49. The van der Waals surface area contributed by atoms with Gasteiger partial charge in [-0.15, -0.1) is 0 Å². The second kappa shape index (κ2) is 4.84. The van der Waals surface area contributed by atoms with E-state index in [2.05, 4.69) is 15.3 Å². The molecule has 0 spiro atoms. The van der Waals surface area contributed by atoms with Crippen LogP contribution >= 0.6 is 0 Å². The smallest absolute Gasteiger partial charge is 0.336 e. The van der Waals surface area contributed by atoms with Crippen LogP contribution in [0.2, 0.25) is 0 Å². The van der Waals surface area contributed by atoms with E-state index in [0.717, 1.165) is 12.8 Å². The molecule has 5 heteroatoms. The Morgan fingerprint density at radius 2 is 2.11 bits per heavy atom. The Labute approximate surface area is 110 Å². The number of carbonyl (C=O) groups is 1. The molecule has 0 unspecified atom stereocenters. The van der Waals surface area contributed by atoms with Gasteiger partial charge in [0.05, 0.1) is 11.1 Å². The summed E-state index contributed by atoms with van der Waals surface area (Å²) in [5, 5.41) is 13.0. The maximum Gasteiger partial charge on any atom is 0.336 e. The zero-order valence-electron chi connectivity index (χ0n) is 10.5. The number of hydrogen-bond donors (Lipinski definition) is 2. The second-order valence-corrected chi connectivity index (χ2v) is 4.86. The van der Waals surface area contributed by atoms with Gasteiger partial charge in [0, 0.05) is 17.6 Å². The maximum absolute atomic E-state index is 11.1.